The lowest BCUT2D eigenvalue weighted by Gasteiger charge is -2.24. The summed E-state index contributed by atoms with van der Waals surface area (Å²) in [6, 6.07) is 11.9. The van der Waals surface area contributed by atoms with E-state index >= 15 is 0 Å². The summed E-state index contributed by atoms with van der Waals surface area (Å²) in [5.41, 5.74) is 7.61. The zero-order valence-corrected chi connectivity index (χ0v) is 13.1. The Kier molecular flexibility index (Phi) is 3.69. The summed E-state index contributed by atoms with van der Waals surface area (Å²) >= 11 is 0. The number of fused-ring (bicyclic) bond motifs is 1. The van der Waals surface area contributed by atoms with E-state index < -0.39 is 5.54 Å². The highest BCUT2D eigenvalue weighted by atomic mass is 19.1. The molecule has 3 aromatic rings. The number of imidazole rings is 1. The Morgan fingerprint density at radius 3 is 2.70 bits per heavy atom. The minimum absolute atomic E-state index is 0.210. The van der Waals surface area contributed by atoms with Gasteiger partial charge in [-0.3, -0.25) is 4.57 Å². The molecule has 6 heteroatoms. The van der Waals surface area contributed by atoms with Crippen molar-refractivity contribution >= 4 is 22.4 Å². The lowest BCUT2D eigenvalue weighted by atomic mass is 10.1. The number of hydrogen-bond donors (Lipinski definition) is 3. The first kappa shape index (κ1) is 15.3. The Morgan fingerprint density at radius 2 is 2.00 bits per heavy atom. The maximum Gasteiger partial charge on any atom is 0.327 e. The first-order valence-electron chi connectivity index (χ1n) is 7.39. The van der Waals surface area contributed by atoms with E-state index in [1.54, 1.807) is 28.8 Å². The van der Waals surface area contributed by atoms with Crippen LogP contribution in [0.15, 0.2) is 47.3 Å². The van der Waals surface area contributed by atoms with Crippen molar-refractivity contribution < 1.29 is 4.39 Å². The SMILES string of the molecule is CC(C)(CN)n1c(=O)[nH]c2cc(Nc3ccccc3F)ccc21. The lowest BCUT2D eigenvalue weighted by molar-refractivity contribution is 0.367. The molecule has 0 aliphatic carbocycles. The molecule has 0 radical (unpaired) electrons. The van der Waals surface area contributed by atoms with Gasteiger partial charge in [0.25, 0.3) is 0 Å². The maximum absolute atomic E-state index is 13.7. The van der Waals surface area contributed by atoms with Crippen LogP contribution in [0.4, 0.5) is 15.8 Å². The topological polar surface area (TPSA) is 75.8 Å². The summed E-state index contributed by atoms with van der Waals surface area (Å²) in [5, 5.41) is 3.01. The summed E-state index contributed by atoms with van der Waals surface area (Å²) in [4.78, 5) is 15.1. The van der Waals surface area contributed by atoms with Crippen LogP contribution >= 0.6 is 0 Å². The van der Waals surface area contributed by atoms with Crippen LogP contribution in [0.1, 0.15) is 13.8 Å². The number of anilines is 2. The molecule has 1 heterocycles. The van der Waals surface area contributed by atoms with Gasteiger partial charge in [0.2, 0.25) is 0 Å². The standard InChI is InChI=1S/C17H19FN4O/c1-17(2,10-19)22-15-8-7-11(9-14(15)21-16(22)23)20-13-6-4-3-5-12(13)18/h3-9,20H,10,19H2,1-2H3,(H,21,23). The third-order valence-corrected chi connectivity index (χ3v) is 3.94. The number of para-hydroxylation sites is 1. The van der Waals surface area contributed by atoms with Gasteiger partial charge in [-0.25, -0.2) is 9.18 Å². The third kappa shape index (κ3) is 2.73. The van der Waals surface area contributed by atoms with Gasteiger partial charge in [-0.2, -0.15) is 0 Å². The minimum Gasteiger partial charge on any atom is -0.353 e. The van der Waals surface area contributed by atoms with E-state index in [0.717, 1.165) is 5.52 Å². The molecule has 0 atom stereocenters. The molecule has 0 fully saturated rings. The van der Waals surface area contributed by atoms with Gasteiger partial charge in [-0.15, -0.1) is 0 Å². The molecule has 4 N–H and O–H groups in total. The molecule has 3 rings (SSSR count). The van der Waals surface area contributed by atoms with Crippen LogP contribution in [0.25, 0.3) is 11.0 Å². The highest BCUT2D eigenvalue weighted by Crippen LogP contribution is 2.25. The molecule has 0 spiro atoms. The fraction of sp³-hybridized carbons (Fsp3) is 0.235. The Balaban J connectivity index is 2.05. The van der Waals surface area contributed by atoms with E-state index in [2.05, 4.69) is 10.3 Å². The average Bonchev–Trinajstić information content (AvgIpc) is 2.85. The monoisotopic (exact) mass is 314 g/mol. The van der Waals surface area contributed by atoms with Gasteiger partial charge in [-0.05, 0) is 44.2 Å². The summed E-state index contributed by atoms with van der Waals surface area (Å²) < 4.78 is 15.4. The van der Waals surface area contributed by atoms with Crippen molar-refractivity contribution in [2.24, 2.45) is 5.73 Å². The molecule has 0 bridgehead atoms. The molecular weight excluding hydrogens is 295 g/mol. The van der Waals surface area contributed by atoms with Crippen LogP contribution in [-0.2, 0) is 5.54 Å². The van der Waals surface area contributed by atoms with Crippen LogP contribution in [0.2, 0.25) is 0 Å². The third-order valence-electron chi connectivity index (χ3n) is 3.94. The average molecular weight is 314 g/mol. The zero-order chi connectivity index (χ0) is 16.6. The largest absolute Gasteiger partial charge is 0.353 e. The van der Waals surface area contributed by atoms with Crippen molar-refractivity contribution in [2.75, 3.05) is 11.9 Å². The number of halogens is 1. The normalized spacial score (nSPS) is 11.8. The van der Waals surface area contributed by atoms with E-state index in [1.807, 2.05) is 26.0 Å². The van der Waals surface area contributed by atoms with Gasteiger partial charge in [0.05, 0.1) is 22.3 Å². The second kappa shape index (κ2) is 5.55. The van der Waals surface area contributed by atoms with Crippen molar-refractivity contribution in [3.05, 3.63) is 58.8 Å². The number of aromatic amines is 1. The second-order valence-electron chi connectivity index (χ2n) is 6.12. The first-order chi connectivity index (χ1) is 10.9. The highest BCUT2D eigenvalue weighted by molar-refractivity contribution is 5.81. The predicted octanol–water partition coefficient (Wildman–Crippen LogP) is 2.91. The van der Waals surface area contributed by atoms with Gasteiger partial charge in [0.1, 0.15) is 5.82 Å². The number of rotatable bonds is 4. The number of H-pyrrole nitrogens is 1. The number of aromatic nitrogens is 2. The predicted molar refractivity (Wildman–Crippen MR) is 90.6 cm³/mol. The molecule has 2 aromatic carbocycles. The van der Waals surface area contributed by atoms with Gasteiger partial charge in [-0.1, -0.05) is 12.1 Å². The smallest absolute Gasteiger partial charge is 0.327 e. The molecule has 0 aliphatic rings. The number of nitrogens with one attached hydrogen (secondary N) is 2. The van der Waals surface area contributed by atoms with Crippen LogP contribution in [-0.4, -0.2) is 16.1 Å². The molecule has 0 unspecified atom stereocenters. The molecule has 5 nitrogen and oxygen atoms in total. The van der Waals surface area contributed by atoms with Crippen LogP contribution in [0.5, 0.6) is 0 Å². The van der Waals surface area contributed by atoms with E-state index in [4.69, 9.17) is 5.73 Å². The fourth-order valence-electron chi connectivity index (χ4n) is 2.60. The minimum atomic E-state index is -0.490. The Morgan fingerprint density at radius 1 is 1.26 bits per heavy atom. The molecular formula is C17H19FN4O. The summed E-state index contributed by atoms with van der Waals surface area (Å²) in [5.74, 6) is -0.331. The van der Waals surface area contributed by atoms with E-state index in [9.17, 15) is 9.18 Å². The summed E-state index contributed by atoms with van der Waals surface area (Å²) in [6.45, 7) is 4.16. The quantitative estimate of drug-likeness (QED) is 0.693. The molecule has 0 amide bonds. The van der Waals surface area contributed by atoms with Crippen molar-refractivity contribution in [2.45, 2.75) is 19.4 Å². The molecule has 1 aromatic heterocycles. The maximum atomic E-state index is 13.7. The Bertz CT molecular complexity index is 910. The highest BCUT2D eigenvalue weighted by Gasteiger charge is 2.23. The van der Waals surface area contributed by atoms with E-state index in [0.29, 0.717) is 23.4 Å². The van der Waals surface area contributed by atoms with Crippen molar-refractivity contribution in [3.63, 3.8) is 0 Å². The lowest BCUT2D eigenvalue weighted by Crippen LogP contribution is -2.40. The van der Waals surface area contributed by atoms with Crippen molar-refractivity contribution in [1.82, 2.24) is 9.55 Å². The van der Waals surface area contributed by atoms with Crippen LogP contribution in [0.3, 0.4) is 0 Å². The fourth-order valence-corrected chi connectivity index (χ4v) is 2.60. The molecule has 23 heavy (non-hydrogen) atoms. The van der Waals surface area contributed by atoms with Gasteiger partial charge in [0.15, 0.2) is 0 Å². The van der Waals surface area contributed by atoms with Gasteiger partial charge in [0, 0.05) is 12.2 Å². The number of nitrogens with two attached hydrogens (primary N) is 1. The second-order valence-corrected chi connectivity index (χ2v) is 6.12. The summed E-state index contributed by atoms with van der Waals surface area (Å²) in [7, 11) is 0. The zero-order valence-electron chi connectivity index (χ0n) is 13.1. The van der Waals surface area contributed by atoms with Crippen molar-refractivity contribution in [3.8, 4) is 0 Å². The Labute approximate surface area is 132 Å². The van der Waals surface area contributed by atoms with Crippen LogP contribution in [0, 0.1) is 5.82 Å². The molecule has 0 saturated heterocycles. The van der Waals surface area contributed by atoms with E-state index in [-0.39, 0.29) is 11.5 Å². The van der Waals surface area contributed by atoms with E-state index in [1.165, 1.54) is 6.07 Å². The summed E-state index contributed by atoms with van der Waals surface area (Å²) in [6.07, 6.45) is 0. The van der Waals surface area contributed by atoms with Gasteiger partial charge < -0.3 is 16.0 Å². The van der Waals surface area contributed by atoms with Crippen molar-refractivity contribution in [1.29, 1.82) is 0 Å². The number of benzene rings is 2. The number of hydrogen-bond acceptors (Lipinski definition) is 3. The Hall–Kier alpha value is -2.60. The first-order valence-corrected chi connectivity index (χ1v) is 7.39. The number of nitrogens with zero attached hydrogens (tertiary/aromatic N) is 1. The molecule has 0 aliphatic heterocycles. The molecule has 120 valence electrons. The van der Waals surface area contributed by atoms with Crippen LogP contribution < -0.4 is 16.7 Å². The van der Waals surface area contributed by atoms with Gasteiger partial charge >= 0.3 is 5.69 Å². The molecule has 0 saturated carbocycles.